The van der Waals surface area contributed by atoms with E-state index in [1.807, 2.05) is 18.2 Å². The van der Waals surface area contributed by atoms with Gasteiger partial charge >= 0.3 is 0 Å². The standard InChI is InChI=1S/C24H26FIN4O2/c25-20-7-6-18(11-21(20)29-23(32)22-12-19(31)14-28-22)24(30-26,9-8-15-4-5-15)17-3-1-2-16(10-17)13-27/h1-3,6-7,10-11,15,19,22,28,30-31H,4-5,8-9,12,14H2,(H,29,32)/t19-,22-,24?/m1/s1. The molecule has 32 heavy (non-hydrogen) atoms. The summed E-state index contributed by atoms with van der Waals surface area (Å²) in [6.45, 7) is 0.346. The molecule has 8 heteroatoms. The molecule has 1 amide bonds. The third kappa shape index (κ3) is 4.96. The van der Waals surface area contributed by atoms with Gasteiger partial charge < -0.3 is 15.7 Å². The van der Waals surface area contributed by atoms with Crippen LogP contribution in [-0.4, -0.2) is 29.7 Å². The van der Waals surface area contributed by atoms with Crippen molar-refractivity contribution in [2.75, 3.05) is 11.9 Å². The number of anilines is 1. The molecule has 168 valence electrons. The normalized spacial score (nSPS) is 22.2. The van der Waals surface area contributed by atoms with Gasteiger partial charge in [0, 0.05) is 29.4 Å². The first-order chi connectivity index (χ1) is 15.4. The zero-order chi connectivity index (χ0) is 22.7. The smallest absolute Gasteiger partial charge is 0.241 e. The van der Waals surface area contributed by atoms with Crippen molar-refractivity contribution in [3.05, 3.63) is 65.0 Å². The third-order valence-electron chi connectivity index (χ3n) is 6.41. The lowest BCUT2D eigenvalue weighted by atomic mass is 9.79. The molecular formula is C24H26FIN4O2. The van der Waals surface area contributed by atoms with Gasteiger partial charge in [-0.25, -0.2) is 7.92 Å². The number of carbonyl (C=O) groups is 1. The fourth-order valence-corrected chi connectivity index (χ4v) is 5.21. The maximum absolute atomic E-state index is 14.7. The lowest BCUT2D eigenvalue weighted by Gasteiger charge is -2.35. The SMILES string of the molecule is N#Cc1cccc(C(CCC2CC2)(NI)c2ccc(F)c(NC(=O)[C@H]3C[C@@H](O)CN3)c2)c1. The average Bonchev–Trinajstić information content (AvgIpc) is 3.54. The summed E-state index contributed by atoms with van der Waals surface area (Å²) in [5.41, 5.74) is 1.78. The molecule has 0 bridgehead atoms. The topological polar surface area (TPSA) is 97.2 Å². The van der Waals surface area contributed by atoms with Gasteiger partial charge in [-0.15, -0.1) is 0 Å². The van der Waals surface area contributed by atoms with Crippen LogP contribution in [0.15, 0.2) is 42.5 Å². The highest BCUT2D eigenvalue weighted by Gasteiger charge is 2.37. The van der Waals surface area contributed by atoms with E-state index in [0.29, 0.717) is 24.4 Å². The van der Waals surface area contributed by atoms with E-state index < -0.39 is 23.5 Å². The number of hydrogen-bond acceptors (Lipinski definition) is 5. The van der Waals surface area contributed by atoms with Crippen LogP contribution in [0, 0.1) is 23.1 Å². The van der Waals surface area contributed by atoms with Crippen molar-refractivity contribution in [2.45, 2.75) is 49.8 Å². The molecule has 2 aliphatic rings. The molecule has 0 radical (unpaired) electrons. The predicted molar refractivity (Wildman–Crippen MR) is 128 cm³/mol. The fraction of sp³-hybridized carbons (Fsp3) is 0.417. The van der Waals surface area contributed by atoms with Crippen LogP contribution >= 0.6 is 22.9 Å². The summed E-state index contributed by atoms with van der Waals surface area (Å²) in [5.74, 6) is -0.191. The van der Waals surface area contributed by atoms with Crippen molar-refractivity contribution in [2.24, 2.45) is 5.92 Å². The molecule has 1 saturated heterocycles. The van der Waals surface area contributed by atoms with Crippen molar-refractivity contribution in [1.29, 1.82) is 5.26 Å². The summed E-state index contributed by atoms with van der Waals surface area (Å²) >= 11 is 2.13. The second-order valence-corrected chi connectivity index (χ2v) is 9.25. The first-order valence-electron chi connectivity index (χ1n) is 10.9. The molecule has 2 fully saturated rings. The van der Waals surface area contributed by atoms with Crippen LogP contribution < -0.4 is 14.2 Å². The van der Waals surface area contributed by atoms with Crippen LogP contribution in [0.3, 0.4) is 0 Å². The molecule has 1 unspecified atom stereocenters. The van der Waals surface area contributed by atoms with E-state index in [2.05, 4.69) is 43.1 Å². The van der Waals surface area contributed by atoms with Crippen LogP contribution in [0.4, 0.5) is 10.1 Å². The molecule has 4 rings (SSSR count). The summed E-state index contributed by atoms with van der Waals surface area (Å²) in [7, 11) is 0. The monoisotopic (exact) mass is 548 g/mol. The van der Waals surface area contributed by atoms with Crippen molar-refractivity contribution in [3.63, 3.8) is 0 Å². The summed E-state index contributed by atoms with van der Waals surface area (Å²) < 4.78 is 18.1. The zero-order valence-electron chi connectivity index (χ0n) is 17.6. The maximum atomic E-state index is 14.7. The Kier molecular flexibility index (Phi) is 7.10. The van der Waals surface area contributed by atoms with E-state index in [9.17, 15) is 19.6 Å². The molecule has 2 aromatic carbocycles. The van der Waals surface area contributed by atoms with E-state index in [0.717, 1.165) is 24.0 Å². The van der Waals surface area contributed by atoms with Crippen molar-refractivity contribution < 1.29 is 14.3 Å². The number of amides is 1. The minimum absolute atomic E-state index is 0.106. The Morgan fingerprint density at radius 2 is 2.06 bits per heavy atom. The predicted octanol–water partition coefficient (Wildman–Crippen LogP) is 3.73. The second kappa shape index (κ2) is 9.83. The van der Waals surface area contributed by atoms with Crippen LogP contribution in [0.2, 0.25) is 0 Å². The fourth-order valence-electron chi connectivity index (χ4n) is 4.32. The molecule has 0 spiro atoms. The number of carbonyl (C=O) groups excluding carboxylic acids is 1. The molecule has 1 aliphatic heterocycles. The summed E-state index contributed by atoms with van der Waals surface area (Å²) in [5, 5.41) is 24.7. The van der Waals surface area contributed by atoms with E-state index in [1.165, 1.54) is 18.9 Å². The lowest BCUT2D eigenvalue weighted by Crippen LogP contribution is -2.39. The number of aliphatic hydroxyl groups is 1. The van der Waals surface area contributed by atoms with Crippen molar-refractivity contribution >= 4 is 34.5 Å². The van der Waals surface area contributed by atoms with Gasteiger partial charge in [-0.05, 0) is 60.6 Å². The van der Waals surface area contributed by atoms with Crippen LogP contribution in [0.5, 0.6) is 0 Å². The number of hydrogen-bond donors (Lipinski definition) is 4. The van der Waals surface area contributed by atoms with Gasteiger partial charge in [0.25, 0.3) is 0 Å². The number of β-amino-alcohol motifs (C(OH)–C–C–N with tert-alkyl or cyclic N) is 1. The molecule has 6 nitrogen and oxygen atoms in total. The summed E-state index contributed by atoms with van der Waals surface area (Å²) in [6.07, 6.45) is 3.96. The lowest BCUT2D eigenvalue weighted by molar-refractivity contribution is -0.118. The molecule has 3 atom stereocenters. The van der Waals surface area contributed by atoms with Gasteiger partial charge in [0.15, 0.2) is 0 Å². The van der Waals surface area contributed by atoms with Gasteiger partial charge in [0.2, 0.25) is 5.91 Å². The number of nitrogens with one attached hydrogen (secondary N) is 3. The number of halogens is 2. The van der Waals surface area contributed by atoms with E-state index in [1.54, 1.807) is 18.2 Å². The highest BCUT2D eigenvalue weighted by atomic mass is 127. The Morgan fingerprint density at radius 1 is 1.28 bits per heavy atom. The number of aliphatic hydroxyl groups excluding tert-OH is 1. The zero-order valence-corrected chi connectivity index (χ0v) is 19.7. The van der Waals surface area contributed by atoms with Crippen molar-refractivity contribution in [3.8, 4) is 6.07 Å². The Bertz CT molecular complexity index is 1040. The molecular weight excluding hydrogens is 522 g/mol. The molecule has 1 heterocycles. The number of nitrogens with zero attached hydrogens (tertiary/aromatic N) is 1. The van der Waals surface area contributed by atoms with Gasteiger partial charge in [0.1, 0.15) is 5.82 Å². The Morgan fingerprint density at radius 3 is 2.72 bits per heavy atom. The minimum Gasteiger partial charge on any atom is -0.392 e. The molecule has 1 aliphatic carbocycles. The summed E-state index contributed by atoms with van der Waals surface area (Å²) in [6, 6.07) is 13.9. The first-order valence-corrected chi connectivity index (χ1v) is 11.9. The number of benzene rings is 2. The van der Waals surface area contributed by atoms with E-state index in [4.69, 9.17) is 0 Å². The Labute approximate surface area is 201 Å². The van der Waals surface area contributed by atoms with Crippen molar-refractivity contribution in [1.82, 2.24) is 8.85 Å². The maximum Gasteiger partial charge on any atom is 0.241 e. The average molecular weight is 548 g/mol. The van der Waals surface area contributed by atoms with Gasteiger partial charge in [0.05, 0.1) is 35.0 Å². The van der Waals surface area contributed by atoms with E-state index in [-0.39, 0.29) is 11.6 Å². The van der Waals surface area contributed by atoms with Gasteiger partial charge in [-0.1, -0.05) is 31.0 Å². The summed E-state index contributed by atoms with van der Waals surface area (Å²) in [4.78, 5) is 12.6. The van der Waals surface area contributed by atoms with Gasteiger partial charge in [-0.3, -0.25) is 4.79 Å². The highest BCUT2D eigenvalue weighted by Crippen LogP contribution is 2.42. The van der Waals surface area contributed by atoms with Crippen LogP contribution in [0.1, 0.15) is 48.8 Å². The quantitative estimate of drug-likeness (QED) is 0.298. The Balaban J connectivity index is 1.69. The van der Waals surface area contributed by atoms with E-state index >= 15 is 0 Å². The number of nitriles is 1. The largest absolute Gasteiger partial charge is 0.392 e. The second-order valence-electron chi connectivity index (χ2n) is 8.71. The first kappa shape index (κ1) is 23.1. The molecule has 4 N–H and O–H groups in total. The van der Waals surface area contributed by atoms with Gasteiger partial charge in [-0.2, -0.15) is 5.26 Å². The molecule has 2 aromatic rings. The third-order valence-corrected chi connectivity index (χ3v) is 7.33. The van der Waals surface area contributed by atoms with Crippen LogP contribution in [0.25, 0.3) is 0 Å². The molecule has 0 aromatic heterocycles. The minimum atomic E-state index is -0.634. The highest BCUT2D eigenvalue weighted by molar-refractivity contribution is 14.1. The number of rotatable bonds is 8. The Hall–Kier alpha value is -2.06. The molecule has 1 saturated carbocycles. The van der Waals surface area contributed by atoms with Crippen LogP contribution in [-0.2, 0) is 10.3 Å².